The van der Waals surface area contributed by atoms with Gasteiger partial charge in [0.1, 0.15) is 5.69 Å². The quantitative estimate of drug-likeness (QED) is 0.778. The summed E-state index contributed by atoms with van der Waals surface area (Å²) < 4.78 is 37.1. The zero-order valence-electron chi connectivity index (χ0n) is 10.4. The van der Waals surface area contributed by atoms with Gasteiger partial charge in [0.05, 0.1) is 5.56 Å². The first kappa shape index (κ1) is 13.8. The lowest BCUT2D eigenvalue weighted by atomic mass is 10.2. The van der Waals surface area contributed by atoms with Crippen LogP contribution in [0.25, 0.3) is 0 Å². The summed E-state index contributed by atoms with van der Waals surface area (Å²) in [6, 6.07) is 2.01. The number of halogens is 3. The Balaban J connectivity index is 2.08. The van der Waals surface area contributed by atoms with Crippen LogP contribution in [0.1, 0.15) is 16.1 Å². The van der Waals surface area contributed by atoms with Crippen molar-refractivity contribution in [3.63, 3.8) is 0 Å². The highest BCUT2D eigenvalue weighted by molar-refractivity contribution is 5.92. The second-order valence-electron chi connectivity index (χ2n) is 4.53. The molecule has 0 saturated carbocycles. The summed E-state index contributed by atoms with van der Waals surface area (Å²) in [4.78, 5) is 19.3. The number of alkyl halides is 3. The van der Waals surface area contributed by atoms with Gasteiger partial charge in [0, 0.05) is 32.4 Å². The summed E-state index contributed by atoms with van der Waals surface area (Å²) in [5.41, 5.74) is -0.792. The molecule has 2 heterocycles. The van der Waals surface area contributed by atoms with Crippen LogP contribution < -0.4 is 0 Å². The molecule has 1 aromatic rings. The maximum absolute atomic E-state index is 12.4. The molecule has 0 spiro atoms. The molecule has 0 N–H and O–H groups in total. The van der Waals surface area contributed by atoms with Gasteiger partial charge in [-0.1, -0.05) is 0 Å². The lowest BCUT2D eigenvalue weighted by Crippen LogP contribution is -2.47. The fourth-order valence-electron chi connectivity index (χ4n) is 1.86. The van der Waals surface area contributed by atoms with E-state index in [1.54, 1.807) is 4.90 Å². The molecule has 19 heavy (non-hydrogen) atoms. The molecule has 1 aliphatic heterocycles. The van der Waals surface area contributed by atoms with Crippen LogP contribution >= 0.6 is 0 Å². The number of hydrogen-bond donors (Lipinski definition) is 0. The first-order valence-corrected chi connectivity index (χ1v) is 5.89. The van der Waals surface area contributed by atoms with E-state index in [0.29, 0.717) is 19.3 Å². The molecule has 7 heteroatoms. The van der Waals surface area contributed by atoms with Gasteiger partial charge in [-0.15, -0.1) is 0 Å². The topological polar surface area (TPSA) is 36.4 Å². The number of hydrogen-bond acceptors (Lipinski definition) is 3. The first-order valence-electron chi connectivity index (χ1n) is 5.89. The third kappa shape index (κ3) is 3.23. The largest absolute Gasteiger partial charge is 0.417 e. The van der Waals surface area contributed by atoms with E-state index in [2.05, 4.69) is 9.88 Å². The normalized spacial score (nSPS) is 17.6. The number of piperazine rings is 1. The molecule has 104 valence electrons. The van der Waals surface area contributed by atoms with Crippen molar-refractivity contribution in [2.24, 2.45) is 0 Å². The zero-order chi connectivity index (χ0) is 14.0. The molecule has 0 radical (unpaired) electrons. The highest BCUT2D eigenvalue weighted by Crippen LogP contribution is 2.28. The van der Waals surface area contributed by atoms with E-state index in [-0.39, 0.29) is 11.6 Å². The Bertz CT molecular complexity index is 450. The number of likely N-dealkylation sites (N-methyl/N-ethyl adjacent to an activating group) is 1. The van der Waals surface area contributed by atoms with Crippen molar-refractivity contribution >= 4 is 5.91 Å². The highest BCUT2D eigenvalue weighted by Gasteiger charge is 2.31. The number of amides is 1. The van der Waals surface area contributed by atoms with E-state index in [1.165, 1.54) is 0 Å². The van der Waals surface area contributed by atoms with Crippen LogP contribution in [0.15, 0.2) is 18.3 Å². The van der Waals surface area contributed by atoms with Crippen molar-refractivity contribution in [3.05, 3.63) is 29.6 Å². The van der Waals surface area contributed by atoms with E-state index in [4.69, 9.17) is 0 Å². The second-order valence-corrected chi connectivity index (χ2v) is 4.53. The molecule has 1 saturated heterocycles. The van der Waals surface area contributed by atoms with Crippen LogP contribution in [0.3, 0.4) is 0 Å². The Morgan fingerprint density at radius 2 is 1.84 bits per heavy atom. The molecule has 2 rings (SSSR count). The first-order chi connectivity index (χ1) is 8.88. The number of carbonyl (C=O) groups is 1. The number of nitrogens with zero attached hydrogens (tertiary/aromatic N) is 3. The molecule has 1 aliphatic rings. The van der Waals surface area contributed by atoms with E-state index >= 15 is 0 Å². The van der Waals surface area contributed by atoms with Crippen LogP contribution in [0.4, 0.5) is 13.2 Å². The highest BCUT2D eigenvalue weighted by atomic mass is 19.4. The molecule has 1 amide bonds. The second kappa shape index (κ2) is 5.16. The molecule has 0 aliphatic carbocycles. The van der Waals surface area contributed by atoms with Gasteiger partial charge in [-0.05, 0) is 19.2 Å². The summed E-state index contributed by atoms with van der Waals surface area (Å²) >= 11 is 0. The number of rotatable bonds is 1. The van der Waals surface area contributed by atoms with E-state index in [0.717, 1.165) is 25.2 Å². The molecule has 4 nitrogen and oxygen atoms in total. The average molecular weight is 273 g/mol. The maximum atomic E-state index is 12.4. The van der Waals surface area contributed by atoms with Gasteiger partial charge in [0.2, 0.25) is 0 Å². The Hall–Kier alpha value is -1.63. The Morgan fingerprint density at radius 3 is 2.32 bits per heavy atom. The molecule has 0 aromatic carbocycles. The predicted molar refractivity (Wildman–Crippen MR) is 62.6 cm³/mol. The predicted octanol–water partition coefficient (Wildman–Crippen LogP) is 1.49. The van der Waals surface area contributed by atoms with Crippen LogP contribution in [0.2, 0.25) is 0 Å². The third-order valence-corrected chi connectivity index (χ3v) is 3.10. The Morgan fingerprint density at radius 1 is 1.21 bits per heavy atom. The van der Waals surface area contributed by atoms with Gasteiger partial charge in [-0.3, -0.25) is 9.78 Å². The fourth-order valence-corrected chi connectivity index (χ4v) is 1.86. The summed E-state index contributed by atoms with van der Waals surface area (Å²) in [6.07, 6.45) is -3.73. The van der Waals surface area contributed by atoms with E-state index in [9.17, 15) is 18.0 Å². The van der Waals surface area contributed by atoms with Crippen molar-refractivity contribution < 1.29 is 18.0 Å². The van der Waals surface area contributed by atoms with Crippen LogP contribution in [-0.2, 0) is 6.18 Å². The number of carbonyl (C=O) groups excluding carboxylic acids is 1. The van der Waals surface area contributed by atoms with Crippen molar-refractivity contribution in [2.75, 3.05) is 33.2 Å². The van der Waals surface area contributed by atoms with E-state index < -0.39 is 11.7 Å². The minimum atomic E-state index is -4.43. The minimum Gasteiger partial charge on any atom is -0.335 e. The average Bonchev–Trinajstić information content (AvgIpc) is 2.38. The molecule has 0 bridgehead atoms. The minimum absolute atomic E-state index is 0.0533. The molecular formula is C12H14F3N3O. The molecule has 1 fully saturated rings. The van der Waals surface area contributed by atoms with Crippen LogP contribution in [0, 0.1) is 0 Å². The van der Waals surface area contributed by atoms with Crippen molar-refractivity contribution in [1.29, 1.82) is 0 Å². The van der Waals surface area contributed by atoms with Gasteiger partial charge < -0.3 is 9.80 Å². The van der Waals surface area contributed by atoms with Crippen LogP contribution in [-0.4, -0.2) is 53.9 Å². The molecule has 0 atom stereocenters. The number of aromatic nitrogens is 1. The van der Waals surface area contributed by atoms with Gasteiger partial charge in [-0.25, -0.2) is 0 Å². The SMILES string of the molecule is CN1CCN(C(=O)c2ccc(C(F)(F)F)cn2)CC1. The summed E-state index contributed by atoms with van der Waals surface area (Å²) in [5.74, 6) is -0.318. The molecule has 0 unspecified atom stereocenters. The van der Waals surface area contributed by atoms with Crippen molar-refractivity contribution in [2.45, 2.75) is 6.18 Å². The standard InChI is InChI=1S/C12H14F3N3O/c1-17-4-6-18(7-5-17)11(19)10-3-2-9(8-16-10)12(13,14)15/h2-3,8H,4-7H2,1H3. The van der Waals surface area contributed by atoms with Crippen molar-refractivity contribution in [3.8, 4) is 0 Å². The third-order valence-electron chi connectivity index (χ3n) is 3.10. The van der Waals surface area contributed by atoms with Gasteiger partial charge in [0.15, 0.2) is 0 Å². The Labute approximate surface area is 108 Å². The van der Waals surface area contributed by atoms with Crippen molar-refractivity contribution in [1.82, 2.24) is 14.8 Å². The van der Waals surface area contributed by atoms with Gasteiger partial charge in [0.25, 0.3) is 5.91 Å². The summed E-state index contributed by atoms with van der Waals surface area (Å²) in [7, 11) is 1.96. The van der Waals surface area contributed by atoms with E-state index in [1.807, 2.05) is 7.05 Å². The van der Waals surface area contributed by atoms with Crippen LogP contribution in [0.5, 0.6) is 0 Å². The summed E-state index contributed by atoms with van der Waals surface area (Å²) in [6.45, 7) is 2.65. The lowest BCUT2D eigenvalue weighted by molar-refractivity contribution is -0.137. The zero-order valence-corrected chi connectivity index (χ0v) is 10.4. The fraction of sp³-hybridized carbons (Fsp3) is 0.500. The summed E-state index contributed by atoms with van der Waals surface area (Å²) in [5, 5.41) is 0. The van der Waals surface area contributed by atoms with Gasteiger partial charge >= 0.3 is 6.18 Å². The molecular weight excluding hydrogens is 259 g/mol. The monoisotopic (exact) mass is 273 g/mol. The lowest BCUT2D eigenvalue weighted by Gasteiger charge is -2.32. The molecule has 1 aromatic heterocycles. The number of pyridine rings is 1. The Kier molecular flexibility index (Phi) is 3.75. The maximum Gasteiger partial charge on any atom is 0.417 e. The van der Waals surface area contributed by atoms with Gasteiger partial charge in [-0.2, -0.15) is 13.2 Å². The smallest absolute Gasteiger partial charge is 0.335 e.